The Morgan fingerprint density at radius 1 is 1.32 bits per heavy atom. The van der Waals surface area contributed by atoms with Gasteiger partial charge in [0.05, 0.1) is 29.2 Å². The zero-order valence-electron chi connectivity index (χ0n) is 22.5. The topological polar surface area (TPSA) is 128 Å². The second kappa shape index (κ2) is 12.1. The van der Waals surface area contributed by atoms with E-state index in [0.29, 0.717) is 54.8 Å². The van der Waals surface area contributed by atoms with E-state index in [1.54, 1.807) is 41.3 Å². The third-order valence-electron chi connectivity index (χ3n) is 7.34. The molecule has 2 N–H and O–H groups in total. The Labute approximate surface area is 245 Å². The monoisotopic (exact) mass is 604 g/mol. The van der Waals surface area contributed by atoms with Crippen LogP contribution in [-0.4, -0.2) is 101 Å². The van der Waals surface area contributed by atoms with E-state index in [2.05, 4.69) is 15.2 Å². The Bertz CT molecular complexity index is 1400. The highest BCUT2D eigenvalue weighted by atomic mass is 35.5. The molecule has 2 amide bonds. The van der Waals surface area contributed by atoms with Crippen LogP contribution in [0.15, 0.2) is 46.0 Å². The number of amidine groups is 1. The van der Waals surface area contributed by atoms with Crippen LogP contribution in [-0.2, 0) is 14.3 Å². The molecule has 0 bridgehead atoms. The average Bonchev–Trinajstić information content (AvgIpc) is 3.58. The number of urea groups is 1. The maximum atomic E-state index is 14.5. The van der Waals surface area contributed by atoms with E-state index in [4.69, 9.17) is 21.3 Å². The summed E-state index contributed by atoms with van der Waals surface area (Å²) >= 11 is 7.75. The molecule has 1 aromatic heterocycles. The lowest BCUT2D eigenvalue weighted by molar-refractivity contribution is -0.141. The summed E-state index contributed by atoms with van der Waals surface area (Å²) in [5.41, 5.74) is 1.08. The molecule has 0 radical (unpaired) electrons. The Morgan fingerprint density at radius 3 is 2.83 bits per heavy atom. The van der Waals surface area contributed by atoms with Crippen LogP contribution in [0, 0.1) is 11.7 Å². The molecule has 3 unspecified atom stereocenters. The molecule has 0 saturated carbocycles. The Kier molecular flexibility index (Phi) is 8.57. The van der Waals surface area contributed by atoms with Crippen molar-refractivity contribution in [2.24, 2.45) is 10.9 Å². The summed E-state index contributed by atoms with van der Waals surface area (Å²) in [7, 11) is 0. The molecule has 5 rings (SSSR count). The summed E-state index contributed by atoms with van der Waals surface area (Å²) in [5.74, 6) is -2.41. The lowest BCUT2D eigenvalue weighted by Crippen LogP contribution is -2.53. The van der Waals surface area contributed by atoms with Crippen molar-refractivity contribution in [1.29, 1.82) is 0 Å². The molecule has 218 valence electrons. The van der Waals surface area contributed by atoms with Crippen molar-refractivity contribution >= 4 is 46.7 Å². The molecule has 0 aliphatic carbocycles. The van der Waals surface area contributed by atoms with Crippen LogP contribution >= 0.6 is 22.9 Å². The van der Waals surface area contributed by atoms with Crippen LogP contribution < -0.4 is 5.32 Å². The normalized spacial score (nSPS) is 21.9. The first kappa shape index (κ1) is 29.0. The van der Waals surface area contributed by atoms with Gasteiger partial charge >= 0.3 is 18.0 Å². The maximum Gasteiger partial charge on any atom is 0.338 e. The number of fused-ring (bicyclic) bond motifs is 1. The zero-order valence-corrected chi connectivity index (χ0v) is 24.1. The van der Waals surface area contributed by atoms with Gasteiger partial charge in [-0.1, -0.05) is 30.7 Å². The molecule has 2 aromatic rings. The Balaban J connectivity index is 1.46. The number of rotatable bonds is 9. The minimum Gasteiger partial charge on any atom is -0.481 e. The number of aromatic nitrogens is 1. The molecular weight excluding hydrogens is 575 g/mol. The third kappa shape index (κ3) is 5.92. The molecule has 0 spiro atoms. The van der Waals surface area contributed by atoms with Gasteiger partial charge in [0, 0.05) is 62.1 Å². The number of benzene rings is 1. The highest BCUT2D eigenvalue weighted by molar-refractivity contribution is 7.11. The quantitative estimate of drug-likeness (QED) is 0.418. The molecule has 14 heteroatoms. The first-order valence-corrected chi connectivity index (χ1v) is 14.5. The van der Waals surface area contributed by atoms with Crippen molar-refractivity contribution in [3.05, 3.63) is 62.5 Å². The number of halogens is 2. The lowest BCUT2D eigenvalue weighted by atomic mass is 9.95. The summed E-state index contributed by atoms with van der Waals surface area (Å²) in [4.78, 5) is 52.3. The molecule has 3 aliphatic rings. The molecule has 1 aromatic carbocycles. The van der Waals surface area contributed by atoms with E-state index < -0.39 is 29.7 Å². The number of thiazole rings is 1. The van der Waals surface area contributed by atoms with E-state index in [-0.39, 0.29) is 35.8 Å². The SMILES string of the molecule is CCOC(=O)C1=C(CN2CCN3C(=O)N(CC(C)C(=O)O)CC3C2)NC(c2nccs2)=NC1c1cccc(F)c1Cl. The van der Waals surface area contributed by atoms with Crippen LogP contribution in [0.25, 0.3) is 0 Å². The predicted octanol–water partition coefficient (Wildman–Crippen LogP) is 2.99. The smallest absolute Gasteiger partial charge is 0.338 e. The molecule has 11 nitrogen and oxygen atoms in total. The number of ether oxygens (including phenoxy) is 1. The van der Waals surface area contributed by atoms with Gasteiger partial charge in [0.15, 0.2) is 10.8 Å². The number of esters is 1. The van der Waals surface area contributed by atoms with Crippen LogP contribution in [0.3, 0.4) is 0 Å². The number of carboxylic acid groups (broad SMARTS) is 1. The number of aliphatic carboxylic acids is 1. The number of piperazine rings is 1. The molecule has 3 aliphatic heterocycles. The number of carboxylic acids is 1. The van der Waals surface area contributed by atoms with E-state index in [1.807, 2.05) is 0 Å². The van der Waals surface area contributed by atoms with Gasteiger partial charge in [-0.05, 0) is 13.0 Å². The maximum absolute atomic E-state index is 14.5. The van der Waals surface area contributed by atoms with Gasteiger partial charge in [0.25, 0.3) is 0 Å². The van der Waals surface area contributed by atoms with E-state index >= 15 is 0 Å². The standard InChI is InChI=1S/C27H30ClFN6O5S/c1-3-40-26(38)20-19(14-33-8-9-35-16(12-33)13-34(27(35)39)11-15(2)25(36)37)31-23(24-30-7-10-41-24)32-22(20)17-5-4-6-18(29)21(17)28/h4-7,10,15-16,22H,3,8-9,11-14H2,1-2H3,(H,31,32)(H,36,37). The number of hydrogen-bond acceptors (Lipinski definition) is 9. The Hall–Kier alpha value is -3.55. The van der Waals surface area contributed by atoms with Gasteiger partial charge in [0.1, 0.15) is 11.9 Å². The van der Waals surface area contributed by atoms with Crippen molar-refractivity contribution in [3.63, 3.8) is 0 Å². The summed E-state index contributed by atoms with van der Waals surface area (Å²) in [5, 5.41) is 14.9. The molecular formula is C27H30ClFN6O5S. The van der Waals surface area contributed by atoms with Crippen LogP contribution in [0.1, 0.15) is 30.5 Å². The highest BCUT2D eigenvalue weighted by Crippen LogP contribution is 2.37. The van der Waals surface area contributed by atoms with Gasteiger partial charge in [-0.25, -0.2) is 19.0 Å². The van der Waals surface area contributed by atoms with Crippen molar-refractivity contribution in [1.82, 2.24) is 25.0 Å². The lowest BCUT2D eigenvalue weighted by Gasteiger charge is -2.38. The largest absolute Gasteiger partial charge is 0.481 e. The number of nitrogens with one attached hydrogen (secondary N) is 1. The van der Waals surface area contributed by atoms with Gasteiger partial charge in [-0.15, -0.1) is 11.3 Å². The number of carbonyl (C=O) groups excluding carboxylic acids is 2. The van der Waals surface area contributed by atoms with Gasteiger partial charge in [-0.3, -0.25) is 14.7 Å². The number of aliphatic imine (C=N–C) groups is 1. The summed E-state index contributed by atoms with van der Waals surface area (Å²) in [6.45, 7) is 5.78. The number of nitrogens with zero attached hydrogens (tertiary/aromatic N) is 5. The minimum atomic E-state index is -0.947. The first-order valence-electron chi connectivity index (χ1n) is 13.3. The highest BCUT2D eigenvalue weighted by Gasteiger charge is 2.42. The fourth-order valence-electron chi connectivity index (χ4n) is 5.35. The zero-order chi connectivity index (χ0) is 29.3. The molecule has 2 fully saturated rings. The van der Waals surface area contributed by atoms with Crippen molar-refractivity contribution in [2.45, 2.75) is 25.9 Å². The van der Waals surface area contributed by atoms with Crippen molar-refractivity contribution in [3.8, 4) is 0 Å². The van der Waals surface area contributed by atoms with Crippen molar-refractivity contribution < 1.29 is 28.6 Å². The summed E-state index contributed by atoms with van der Waals surface area (Å²) in [6.07, 6.45) is 1.64. The molecule has 4 heterocycles. The number of hydrogen-bond donors (Lipinski definition) is 2. The fourth-order valence-corrected chi connectivity index (χ4v) is 6.16. The fraction of sp³-hybridized carbons (Fsp3) is 0.444. The van der Waals surface area contributed by atoms with Gasteiger partial charge < -0.3 is 25.0 Å². The third-order valence-corrected chi connectivity index (χ3v) is 8.52. The minimum absolute atomic E-state index is 0.128. The van der Waals surface area contributed by atoms with Gasteiger partial charge in [-0.2, -0.15) is 0 Å². The molecule has 2 saturated heterocycles. The summed E-state index contributed by atoms with van der Waals surface area (Å²) < 4.78 is 20.0. The number of amides is 2. The second-order valence-corrected chi connectivity index (χ2v) is 11.4. The average molecular weight is 605 g/mol. The van der Waals surface area contributed by atoms with E-state index in [0.717, 1.165) is 0 Å². The van der Waals surface area contributed by atoms with Crippen molar-refractivity contribution in [2.75, 3.05) is 45.9 Å². The van der Waals surface area contributed by atoms with E-state index in [9.17, 15) is 23.9 Å². The first-order chi connectivity index (χ1) is 19.7. The summed E-state index contributed by atoms with van der Waals surface area (Å²) in [6, 6.07) is 3.17. The molecule has 41 heavy (non-hydrogen) atoms. The second-order valence-electron chi connectivity index (χ2n) is 10.1. The van der Waals surface area contributed by atoms with Crippen LogP contribution in [0.5, 0.6) is 0 Å². The molecule has 3 atom stereocenters. The van der Waals surface area contributed by atoms with Gasteiger partial charge in [0.2, 0.25) is 0 Å². The van der Waals surface area contributed by atoms with E-state index in [1.165, 1.54) is 23.5 Å². The van der Waals surface area contributed by atoms with Crippen LogP contribution in [0.2, 0.25) is 5.02 Å². The Morgan fingerprint density at radius 2 is 2.12 bits per heavy atom. The number of carbonyl (C=O) groups is 3. The predicted molar refractivity (Wildman–Crippen MR) is 150 cm³/mol. The van der Waals surface area contributed by atoms with Crippen LogP contribution in [0.4, 0.5) is 9.18 Å².